The van der Waals surface area contributed by atoms with Crippen molar-refractivity contribution in [2.75, 3.05) is 5.73 Å². The van der Waals surface area contributed by atoms with Crippen molar-refractivity contribution in [3.05, 3.63) is 20.8 Å². The van der Waals surface area contributed by atoms with Gasteiger partial charge in [-0.1, -0.05) is 0 Å². The largest absolute Gasteiger partial charge is 0.389 e. The van der Waals surface area contributed by atoms with Gasteiger partial charge in [0.25, 0.3) is 5.56 Å². The zero-order valence-electron chi connectivity index (χ0n) is 6.70. The summed E-state index contributed by atoms with van der Waals surface area (Å²) >= 11 is 1.00. The van der Waals surface area contributed by atoms with Crippen LogP contribution in [0.3, 0.4) is 0 Å². The molecule has 0 atom stereocenters. The van der Waals surface area contributed by atoms with Gasteiger partial charge >= 0.3 is 5.69 Å². The topological polar surface area (TPSA) is 93.8 Å². The van der Waals surface area contributed by atoms with Crippen LogP contribution in [0.4, 0.5) is 5.00 Å². The molecule has 0 unspecified atom stereocenters. The maximum absolute atomic E-state index is 11.3. The summed E-state index contributed by atoms with van der Waals surface area (Å²) in [6.07, 6.45) is 0. The Bertz CT molecular complexity index is 578. The van der Waals surface area contributed by atoms with E-state index in [1.165, 1.54) is 11.6 Å². The second-order valence-corrected chi connectivity index (χ2v) is 3.37. The zero-order valence-corrected chi connectivity index (χ0v) is 7.51. The van der Waals surface area contributed by atoms with Crippen molar-refractivity contribution >= 4 is 27.6 Å². The fraction of sp³-hybridized carbons (Fsp3) is 0.167. The van der Waals surface area contributed by atoms with E-state index in [9.17, 15) is 9.59 Å². The maximum Gasteiger partial charge on any atom is 0.329 e. The number of aromatic amines is 1. The monoisotopic (exact) mass is 198 g/mol. The van der Waals surface area contributed by atoms with Crippen LogP contribution in [0.1, 0.15) is 0 Å². The van der Waals surface area contributed by atoms with Crippen LogP contribution in [0.2, 0.25) is 0 Å². The molecule has 2 aromatic rings. The molecule has 0 saturated carbocycles. The van der Waals surface area contributed by atoms with Crippen molar-refractivity contribution in [2.45, 2.75) is 0 Å². The smallest absolute Gasteiger partial charge is 0.329 e. The van der Waals surface area contributed by atoms with Gasteiger partial charge in [-0.3, -0.25) is 14.3 Å². The van der Waals surface area contributed by atoms with Gasteiger partial charge < -0.3 is 5.73 Å². The van der Waals surface area contributed by atoms with Gasteiger partial charge in [0.1, 0.15) is 10.4 Å². The van der Waals surface area contributed by atoms with Crippen molar-refractivity contribution in [3.63, 3.8) is 0 Å². The molecule has 0 aliphatic carbocycles. The summed E-state index contributed by atoms with van der Waals surface area (Å²) in [5.41, 5.74) is 4.88. The summed E-state index contributed by atoms with van der Waals surface area (Å²) < 4.78 is 5.15. The van der Waals surface area contributed by atoms with E-state index in [-0.39, 0.29) is 5.39 Å². The Balaban J connectivity index is 3.18. The lowest BCUT2D eigenvalue weighted by Crippen LogP contribution is -2.28. The molecule has 2 aromatic heterocycles. The standard InChI is InChI=1S/C6H6N4O2S/c1-10-4-2(3(7)13-9-4)5(11)8-6(10)12/h7H2,1H3,(H,8,11,12). The molecule has 2 heterocycles. The van der Waals surface area contributed by atoms with Gasteiger partial charge in [0, 0.05) is 7.05 Å². The molecular weight excluding hydrogens is 192 g/mol. The van der Waals surface area contributed by atoms with E-state index in [1.54, 1.807) is 0 Å². The van der Waals surface area contributed by atoms with Crippen LogP contribution in [-0.2, 0) is 7.05 Å². The van der Waals surface area contributed by atoms with E-state index in [2.05, 4.69) is 9.36 Å². The van der Waals surface area contributed by atoms with Crippen LogP contribution < -0.4 is 17.0 Å². The SMILES string of the molecule is Cn1c(=O)[nH]c(=O)c2c(N)snc21. The van der Waals surface area contributed by atoms with E-state index in [0.29, 0.717) is 10.6 Å². The molecule has 0 aliphatic heterocycles. The normalized spacial score (nSPS) is 10.8. The maximum atomic E-state index is 11.3. The van der Waals surface area contributed by atoms with Crippen LogP contribution in [0.5, 0.6) is 0 Å². The number of nitrogen functional groups attached to an aromatic ring is 1. The Morgan fingerprint density at radius 2 is 2.23 bits per heavy atom. The summed E-state index contributed by atoms with van der Waals surface area (Å²) in [4.78, 5) is 24.5. The summed E-state index contributed by atoms with van der Waals surface area (Å²) in [5, 5.41) is 0.610. The number of nitrogens with one attached hydrogen (secondary N) is 1. The van der Waals surface area contributed by atoms with Gasteiger partial charge in [-0.05, 0) is 11.5 Å². The number of nitrogens with two attached hydrogens (primary N) is 1. The van der Waals surface area contributed by atoms with Gasteiger partial charge in [0.05, 0.1) is 0 Å². The van der Waals surface area contributed by atoms with Crippen molar-refractivity contribution in [1.29, 1.82) is 0 Å². The molecule has 0 amide bonds. The van der Waals surface area contributed by atoms with E-state index in [4.69, 9.17) is 5.73 Å². The molecule has 13 heavy (non-hydrogen) atoms. The molecule has 0 fully saturated rings. The Kier molecular flexibility index (Phi) is 1.49. The molecular formula is C6H6N4O2S. The van der Waals surface area contributed by atoms with E-state index in [0.717, 1.165) is 11.5 Å². The van der Waals surface area contributed by atoms with Crippen LogP contribution in [0, 0.1) is 0 Å². The number of hydrogen-bond acceptors (Lipinski definition) is 5. The van der Waals surface area contributed by atoms with E-state index >= 15 is 0 Å². The lowest BCUT2D eigenvalue weighted by molar-refractivity contribution is 0.835. The summed E-state index contributed by atoms with van der Waals surface area (Å²) in [5.74, 6) is 0. The average Bonchev–Trinajstić information content (AvgIpc) is 2.44. The van der Waals surface area contributed by atoms with Crippen molar-refractivity contribution in [3.8, 4) is 0 Å². The van der Waals surface area contributed by atoms with Crippen LogP contribution in [-0.4, -0.2) is 13.9 Å². The number of hydrogen-bond donors (Lipinski definition) is 2. The number of anilines is 1. The van der Waals surface area contributed by atoms with Crippen molar-refractivity contribution in [1.82, 2.24) is 13.9 Å². The summed E-state index contributed by atoms with van der Waals surface area (Å²) in [6, 6.07) is 0. The first-order chi connectivity index (χ1) is 6.11. The van der Waals surface area contributed by atoms with Gasteiger partial charge in [-0.15, -0.1) is 0 Å². The van der Waals surface area contributed by atoms with E-state index < -0.39 is 11.2 Å². The lowest BCUT2D eigenvalue weighted by atomic mass is 10.4. The first kappa shape index (κ1) is 7.99. The molecule has 0 spiro atoms. The summed E-state index contributed by atoms with van der Waals surface area (Å²) in [6.45, 7) is 0. The fourth-order valence-corrected chi connectivity index (χ4v) is 1.75. The first-order valence-electron chi connectivity index (χ1n) is 3.45. The first-order valence-corrected chi connectivity index (χ1v) is 4.23. The minimum Gasteiger partial charge on any atom is -0.389 e. The molecule has 0 aliphatic rings. The Hall–Kier alpha value is -1.63. The average molecular weight is 198 g/mol. The van der Waals surface area contributed by atoms with Gasteiger partial charge in [-0.2, -0.15) is 4.37 Å². The van der Waals surface area contributed by atoms with Crippen molar-refractivity contribution < 1.29 is 0 Å². The molecule has 0 saturated heterocycles. The van der Waals surface area contributed by atoms with Gasteiger partial charge in [0.15, 0.2) is 5.65 Å². The molecule has 3 N–H and O–H groups in total. The number of aryl methyl sites for hydroxylation is 1. The lowest BCUT2D eigenvalue weighted by Gasteiger charge is -1.95. The van der Waals surface area contributed by atoms with Gasteiger partial charge in [-0.25, -0.2) is 4.79 Å². The molecule has 68 valence electrons. The quantitative estimate of drug-likeness (QED) is 0.583. The third-order valence-electron chi connectivity index (χ3n) is 1.77. The highest BCUT2D eigenvalue weighted by molar-refractivity contribution is 7.11. The predicted molar refractivity (Wildman–Crippen MR) is 49.9 cm³/mol. The number of rotatable bonds is 0. The highest BCUT2D eigenvalue weighted by Gasteiger charge is 2.10. The van der Waals surface area contributed by atoms with Crippen LogP contribution in [0.15, 0.2) is 9.59 Å². The van der Waals surface area contributed by atoms with Gasteiger partial charge in [0.2, 0.25) is 0 Å². The second-order valence-electron chi connectivity index (χ2n) is 2.56. The molecule has 0 radical (unpaired) electrons. The number of H-pyrrole nitrogens is 1. The zero-order chi connectivity index (χ0) is 9.59. The number of fused-ring (bicyclic) bond motifs is 1. The number of nitrogens with zero attached hydrogens (tertiary/aromatic N) is 2. The molecule has 0 bridgehead atoms. The van der Waals surface area contributed by atoms with E-state index in [1.807, 2.05) is 0 Å². The Morgan fingerprint density at radius 1 is 1.54 bits per heavy atom. The summed E-state index contributed by atoms with van der Waals surface area (Å²) in [7, 11) is 1.53. The Morgan fingerprint density at radius 3 is 2.92 bits per heavy atom. The molecule has 6 nitrogen and oxygen atoms in total. The Labute approximate surface area is 75.8 Å². The third-order valence-corrected chi connectivity index (χ3v) is 2.44. The van der Waals surface area contributed by atoms with Crippen LogP contribution >= 0.6 is 11.5 Å². The highest BCUT2D eigenvalue weighted by atomic mass is 32.1. The number of aromatic nitrogens is 3. The predicted octanol–water partition coefficient (Wildman–Crippen LogP) is -0.735. The molecule has 0 aromatic carbocycles. The fourth-order valence-electron chi connectivity index (χ4n) is 1.08. The minimum atomic E-state index is -0.484. The molecule has 7 heteroatoms. The highest BCUT2D eigenvalue weighted by Crippen LogP contribution is 2.18. The molecule has 2 rings (SSSR count). The van der Waals surface area contributed by atoms with Crippen LogP contribution in [0.25, 0.3) is 11.0 Å². The second kappa shape index (κ2) is 2.43. The minimum absolute atomic E-state index is 0.284. The van der Waals surface area contributed by atoms with Crippen molar-refractivity contribution in [2.24, 2.45) is 7.05 Å². The third kappa shape index (κ3) is 0.970.